The van der Waals surface area contributed by atoms with Crippen molar-refractivity contribution in [3.8, 4) is 0 Å². The number of anilines is 1. The summed E-state index contributed by atoms with van der Waals surface area (Å²) in [6, 6.07) is 0. The van der Waals surface area contributed by atoms with Gasteiger partial charge in [-0.3, -0.25) is 0 Å². The Morgan fingerprint density at radius 3 is 2.19 bits per heavy atom. The van der Waals surface area contributed by atoms with E-state index in [1.54, 1.807) is 22.6 Å². The van der Waals surface area contributed by atoms with Gasteiger partial charge in [0.05, 0.1) is 9.26 Å². The number of alkyl halides is 3. The van der Waals surface area contributed by atoms with E-state index >= 15 is 0 Å². The number of aromatic nitrogens is 2. The minimum atomic E-state index is -5.54. The Balaban J connectivity index is 3.49. The first kappa shape index (κ1) is 13.4. The number of hydrogen-bond acceptors (Lipinski definition) is 5. The Hall–Kier alpha value is -0.650. The van der Waals surface area contributed by atoms with Crippen LogP contribution in [-0.2, 0) is 9.84 Å². The third-order valence-corrected chi connectivity index (χ3v) is 4.17. The molecule has 0 bridgehead atoms. The van der Waals surface area contributed by atoms with Crippen molar-refractivity contribution in [1.82, 2.24) is 9.97 Å². The predicted molar refractivity (Wildman–Crippen MR) is 57.1 cm³/mol. The van der Waals surface area contributed by atoms with E-state index in [4.69, 9.17) is 5.73 Å². The van der Waals surface area contributed by atoms with E-state index in [9.17, 15) is 21.6 Å². The SMILES string of the molecule is Cc1nc(S(=O)(=O)C(F)(F)F)nc(N)c1I. The maximum absolute atomic E-state index is 12.2. The lowest BCUT2D eigenvalue weighted by Crippen LogP contribution is -2.26. The molecule has 2 N–H and O–H groups in total. The zero-order valence-corrected chi connectivity index (χ0v) is 10.7. The van der Waals surface area contributed by atoms with E-state index in [-0.39, 0.29) is 11.5 Å². The van der Waals surface area contributed by atoms with Crippen molar-refractivity contribution in [2.45, 2.75) is 17.6 Å². The largest absolute Gasteiger partial charge is 0.505 e. The lowest BCUT2D eigenvalue weighted by Gasteiger charge is -2.08. The van der Waals surface area contributed by atoms with E-state index in [0.717, 1.165) is 0 Å². The summed E-state index contributed by atoms with van der Waals surface area (Å²) in [5.41, 5.74) is -0.0813. The van der Waals surface area contributed by atoms with E-state index in [2.05, 4.69) is 9.97 Å². The van der Waals surface area contributed by atoms with Crippen LogP contribution in [0.3, 0.4) is 0 Å². The molecule has 0 amide bonds. The van der Waals surface area contributed by atoms with Crippen molar-refractivity contribution in [1.29, 1.82) is 0 Å². The fourth-order valence-electron chi connectivity index (χ4n) is 0.779. The molecule has 0 atom stereocenters. The maximum atomic E-state index is 12.2. The molecule has 0 aromatic carbocycles. The standard InChI is InChI=1S/C6H5F3IN3O2S/c1-2-3(10)4(11)13-5(12-2)16(14,15)6(7,8)9/h1H3,(H2,11,12,13). The lowest BCUT2D eigenvalue weighted by atomic mass is 10.4. The highest BCUT2D eigenvalue weighted by Gasteiger charge is 2.49. The quantitative estimate of drug-likeness (QED) is 0.597. The van der Waals surface area contributed by atoms with Gasteiger partial charge in [-0.25, -0.2) is 13.4 Å². The molecule has 16 heavy (non-hydrogen) atoms. The Morgan fingerprint density at radius 1 is 1.31 bits per heavy atom. The summed E-state index contributed by atoms with van der Waals surface area (Å²) in [5.74, 6) is -0.295. The smallest absolute Gasteiger partial charge is 0.383 e. The molecule has 0 saturated heterocycles. The first-order valence-electron chi connectivity index (χ1n) is 3.68. The number of nitrogen functional groups attached to an aromatic ring is 1. The average molecular weight is 367 g/mol. The van der Waals surface area contributed by atoms with Gasteiger partial charge < -0.3 is 5.73 Å². The summed E-state index contributed by atoms with van der Waals surface area (Å²) >= 11 is 1.71. The molecule has 0 unspecified atom stereocenters. The molecule has 1 aromatic heterocycles. The molecule has 0 saturated carbocycles. The second kappa shape index (κ2) is 3.98. The second-order valence-corrected chi connectivity index (χ2v) is 5.65. The summed E-state index contributed by atoms with van der Waals surface area (Å²) in [6.45, 7) is 1.34. The van der Waals surface area contributed by atoms with Gasteiger partial charge in [0.2, 0.25) is 0 Å². The predicted octanol–water partition coefficient (Wildman–Crippen LogP) is 1.27. The number of sulfone groups is 1. The van der Waals surface area contributed by atoms with Gasteiger partial charge in [-0.15, -0.1) is 0 Å². The topological polar surface area (TPSA) is 85.9 Å². The molecule has 5 nitrogen and oxygen atoms in total. The zero-order valence-electron chi connectivity index (χ0n) is 7.71. The van der Waals surface area contributed by atoms with Crippen LogP contribution in [0.1, 0.15) is 5.69 Å². The first-order chi connectivity index (χ1) is 7.07. The van der Waals surface area contributed by atoms with Crippen molar-refractivity contribution in [2.24, 2.45) is 0 Å². The van der Waals surface area contributed by atoms with Crippen molar-refractivity contribution in [2.75, 3.05) is 5.73 Å². The highest BCUT2D eigenvalue weighted by molar-refractivity contribution is 14.1. The van der Waals surface area contributed by atoms with Crippen molar-refractivity contribution in [3.05, 3.63) is 9.26 Å². The lowest BCUT2D eigenvalue weighted by molar-refractivity contribution is -0.0440. The van der Waals surface area contributed by atoms with E-state index in [1.165, 1.54) is 6.92 Å². The van der Waals surface area contributed by atoms with Gasteiger partial charge >= 0.3 is 15.3 Å². The number of halogens is 4. The van der Waals surface area contributed by atoms with Gasteiger partial charge in [0, 0.05) is 0 Å². The minimum Gasteiger partial charge on any atom is -0.383 e. The van der Waals surface area contributed by atoms with Gasteiger partial charge in [-0.05, 0) is 29.5 Å². The van der Waals surface area contributed by atoms with Gasteiger partial charge in [-0.1, -0.05) is 0 Å². The highest BCUT2D eigenvalue weighted by Crippen LogP contribution is 2.29. The molecule has 0 spiro atoms. The van der Waals surface area contributed by atoms with Crippen molar-refractivity contribution < 1.29 is 21.6 Å². The molecule has 0 aliphatic carbocycles. The van der Waals surface area contributed by atoms with Crippen LogP contribution in [0.5, 0.6) is 0 Å². The molecule has 1 aromatic rings. The molecule has 0 radical (unpaired) electrons. The summed E-state index contributed by atoms with van der Waals surface area (Å²) in [4.78, 5) is 6.39. The molecule has 1 rings (SSSR count). The molecule has 10 heteroatoms. The normalized spacial score (nSPS) is 12.8. The number of aryl methyl sites for hydroxylation is 1. The average Bonchev–Trinajstić information content (AvgIpc) is 2.11. The van der Waals surface area contributed by atoms with Crippen LogP contribution in [0.2, 0.25) is 0 Å². The van der Waals surface area contributed by atoms with Crippen LogP contribution in [0.4, 0.5) is 19.0 Å². The minimum absolute atomic E-state index is 0.0796. The number of nitrogens with two attached hydrogens (primary N) is 1. The van der Waals surface area contributed by atoms with Crippen molar-refractivity contribution in [3.63, 3.8) is 0 Å². The highest BCUT2D eigenvalue weighted by atomic mass is 127. The summed E-state index contributed by atoms with van der Waals surface area (Å²) in [7, 11) is -5.54. The summed E-state index contributed by atoms with van der Waals surface area (Å²) in [5, 5.41) is -1.32. The maximum Gasteiger partial charge on any atom is 0.505 e. The van der Waals surface area contributed by atoms with E-state index in [1.807, 2.05) is 0 Å². The fraction of sp³-hybridized carbons (Fsp3) is 0.333. The summed E-state index contributed by atoms with van der Waals surface area (Å²) < 4.78 is 58.8. The third-order valence-electron chi connectivity index (χ3n) is 1.57. The first-order valence-corrected chi connectivity index (χ1v) is 6.24. The molecule has 1 heterocycles. The Morgan fingerprint density at radius 2 is 1.81 bits per heavy atom. The summed E-state index contributed by atoms with van der Waals surface area (Å²) in [6.07, 6.45) is 0. The van der Waals surface area contributed by atoms with Gasteiger partial charge in [0.15, 0.2) is 0 Å². The van der Waals surface area contributed by atoms with Crippen LogP contribution in [-0.4, -0.2) is 23.9 Å². The monoisotopic (exact) mass is 367 g/mol. The number of nitrogens with zero attached hydrogens (tertiary/aromatic N) is 2. The van der Waals surface area contributed by atoms with Gasteiger partial charge in [0.1, 0.15) is 5.82 Å². The number of rotatable bonds is 1. The third kappa shape index (κ3) is 2.21. The number of hydrogen-bond donors (Lipinski definition) is 1. The van der Waals surface area contributed by atoms with Crippen LogP contribution in [0, 0.1) is 10.5 Å². The fourth-order valence-corrected chi connectivity index (χ4v) is 1.70. The van der Waals surface area contributed by atoms with Crippen LogP contribution in [0.25, 0.3) is 0 Å². The van der Waals surface area contributed by atoms with Crippen LogP contribution < -0.4 is 5.73 Å². The molecule has 90 valence electrons. The molecule has 0 fully saturated rings. The Kier molecular flexibility index (Phi) is 3.34. The van der Waals surface area contributed by atoms with Crippen LogP contribution >= 0.6 is 22.6 Å². The van der Waals surface area contributed by atoms with Gasteiger partial charge in [0.25, 0.3) is 5.16 Å². The molecular weight excluding hydrogens is 362 g/mol. The van der Waals surface area contributed by atoms with Crippen molar-refractivity contribution >= 4 is 38.2 Å². The van der Waals surface area contributed by atoms with Gasteiger partial charge in [-0.2, -0.15) is 18.2 Å². The molecule has 0 aliphatic rings. The second-order valence-electron chi connectivity index (χ2n) is 2.74. The van der Waals surface area contributed by atoms with E-state index in [0.29, 0.717) is 3.57 Å². The zero-order chi connectivity index (χ0) is 12.7. The van der Waals surface area contributed by atoms with Crippen LogP contribution in [0.15, 0.2) is 5.16 Å². The molecule has 0 aliphatic heterocycles. The Bertz CT molecular complexity index is 505. The Labute approximate surface area is 102 Å². The van der Waals surface area contributed by atoms with E-state index < -0.39 is 20.5 Å². The molecular formula is C6H5F3IN3O2S.